The fourth-order valence-corrected chi connectivity index (χ4v) is 4.44. The molecule has 28 heavy (non-hydrogen) atoms. The predicted octanol–water partition coefficient (Wildman–Crippen LogP) is 4.36. The van der Waals surface area contributed by atoms with Crippen LogP contribution in [0.25, 0.3) is 5.65 Å². The Morgan fingerprint density at radius 1 is 1.50 bits per heavy atom. The number of rotatable bonds is 5. The van der Waals surface area contributed by atoms with Crippen LogP contribution in [0.1, 0.15) is 49.9 Å². The number of pyridine rings is 1. The first-order valence-electron chi connectivity index (χ1n) is 8.71. The molecular weight excluding hydrogens is 471 g/mol. The van der Waals surface area contributed by atoms with Crippen molar-refractivity contribution in [2.45, 2.75) is 60.7 Å². The maximum atomic E-state index is 12.5. The van der Waals surface area contributed by atoms with Crippen molar-refractivity contribution in [3.8, 4) is 0 Å². The second-order valence-electron chi connectivity index (χ2n) is 7.07. The summed E-state index contributed by atoms with van der Waals surface area (Å²) in [5.41, 5.74) is 8.20. The molecule has 2 saturated carbocycles. The van der Waals surface area contributed by atoms with Gasteiger partial charge in [0.15, 0.2) is 0 Å². The molecule has 2 aliphatic carbocycles. The monoisotopic (exact) mass is 495 g/mol. The topological polar surface area (TPSA) is 91.0 Å². The zero-order valence-electron chi connectivity index (χ0n) is 15.5. The number of nitrogens with two attached hydrogens (primary N) is 1. The second-order valence-corrected chi connectivity index (χ2v) is 10.1. The third-order valence-corrected chi connectivity index (χ3v) is 6.78. The van der Waals surface area contributed by atoms with Gasteiger partial charge in [0.25, 0.3) is 0 Å². The molecule has 0 atom stereocenters. The number of hydrogen-bond acceptors (Lipinski definition) is 5. The van der Waals surface area contributed by atoms with E-state index in [0.717, 1.165) is 24.2 Å². The van der Waals surface area contributed by atoms with Crippen molar-refractivity contribution in [3.05, 3.63) is 28.7 Å². The van der Waals surface area contributed by atoms with Crippen molar-refractivity contribution in [2.24, 2.45) is 5.73 Å². The molecule has 0 unspecified atom stereocenters. The number of halogens is 3. The Kier molecular flexibility index (Phi) is 8.05. The Labute approximate surface area is 180 Å². The Bertz CT molecular complexity index is 848. The Balaban J connectivity index is 0.000000342. The summed E-state index contributed by atoms with van der Waals surface area (Å²) < 4.78 is 26.4. The summed E-state index contributed by atoms with van der Waals surface area (Å²) in [5.74, 6) is 0.399. The first kappa shape index (κ1) is 23.3. The molecule has 0 spiro atoms. The minimum absolute atomic E-state index is 0.250. The number of nitrogens with one attached hydrogen (secondary N) is 2. The van der Waals surface area contributed by atoms with Gasteiger partial charge in [-0.3, -0.25) is 0 Å². The molecule has 2 aromatic rings. The first-order chi connectivity index (χ1) is 13.2. The summed E-state index contributed by atoms with van der Waals surface area (Å²) >= 11 is 9.93. The summed E-state index contributed by atoms with van der Waals surface area (Å²) in [7, 11) is 0. The van der Waals surface area contributed by atoms with Crippen LogP contribution in [0, 0.1) is 10.8 Å². The first-order valence-corrected chi connectivity index (χ1v) is 11.6. The van der Waals surface area contributed by atoms with Gasteiger partial charge in [0, 0.05) is 5.54 Å². The number of aromatic nitrogens is 2. The van der Waals surface area contributed by atoms with E-state index in [9.17, 15) is 8.78 Å². The number of nitrogens with zero attached hydrogens (tertiary/aromatic N) is 2. The van der Waals surface area contributed by atoms with Crippen LogP contribution in [0.3, 0.4) is 0 Å². The zero-order valence-corrected chi connectivity index (χ0v) is 18.9. The van der Waals surface area contributed by atoms with Crippen molar-refractivity contribution in [2.75, 3.05) is 0 Å². The molecule has 4 N–H and O–H groups in total. The Morgan fingerprint density at radius 3 is 2.54 bits per heavy atom. The van der Waals surface area contributed by atoms with Crippen molar-refractivity contribution >= 4 is 56.2 Å². The fourth-order valence-electron chi connectivity index (χ4n) is 2.39. The molecule has 154 valence electrons. The Hall–Kier alpha value is -0.991. The van der Waals surface area contributed by atoms with E-state index in [1.54, 1.807) is 12.3 Å². The molecule has 4 rings (SSSR count). The summed E-state index contributed by atoms with van der Waals surface area (Å²) in [5, 5.41) is 13.8. The van der Waals surface area contributed by atoms with Crippen molar-refractivity contribution in [3.63, 3.8) is 0 Å². The molecule has 0 bridgehead atoms. The number of fused-ring (bicyclic) bond motifs is 1. The van der Waals surface area contributed by atoms with E-state index < -0.39 is 26.0 Å². The van der Waals surface area contributed by atoms with Crippen LogP contribution in [0.5, 0.6) is 0 Å². The molecule has 5 nitrogen and oxygen atoms in total. The molecule has 2 aromatic heterocycles. The van der Waals surface area contributed by atoms with Crippen LogP contribution in [0.4, 0.5) is 8.78 Å². The number of hydrogen-bond donors (Lipinski definition) is 4. The predicted molar refractivity (Wildman–Crippen MR) is 114 cm³/mol. The van der Waals surface area contributed by atoms with Gasteiger partial charge in [0.05, 0.1) is 0 Å². The summed E-state index contributed by atoms with van der Waals surface area (Å²) in [6.45, 7) is 4.58. The quantitative estimate of drug-likeness (QED) is 0.282. The van der Waals surface area contributed by atoms with E-state index in [0.29, 0.717) is 26.8 Å². The van der Waals surface area contributed by atoms with Gasteiger partial charge in [-0.25, -0.2) is 0 Å². The van der Waals surface area contributed by atoms with Crippen LogP contribution in [-0.4, -0.2) is 47.6 Å². The fraction of sp³-hybridized carbons (Fsp3) is 0.500. The molecule has 0 aliphatic heterocycles. The Morgan fingerprint density at radius 2 is 2.07 bits per heavy atom. The summed E-state index contributed by atoms with van der Waals surface area (Å²) in [6.07, 6.45) is 3.74. The van der Waals surface area contributed by atoms with Crippen molar-refractivity contribution < 1.29 is 8.78 Å². The van der Waals surface area contributed by atoms with E-state index in [1.165, 1.54) is 12.8 Å². The van der Waals surface area contributed by atoms with Crippen molar-refractivity contribution in [1.29, 1.82) is 10.8 Å². The van der Waals surface area contributed by atoms with Crippen LogP contribution >= 0.6 is 24.2 Å². The van der Waals surface area contributed by atoms with Crippen LogP contribution in [0.15, 0.2) is 17.2 Å². The average molecular weight is 495 g/mol. The van der Waals surface area contributed by atoms with Gasteiger partial charge >= 0.3 is 137 Å². The van der Waals surface area contributed by atoms with Crippen molar-refractivity contribution in [1.82, 2.24) is 9.38 Å². The minimum atomic E-state index is -2.67. The van der Waals surface area contributed by atoms with Crippen LogP contribution in [0.2, 0.25) is 5.02 Å². The summed E-state index contributed by atoms with van der Waals surface area (Å²) in [4.78, 5) is 5.29. The number of thiol groups is 1. The normalized spacial score (nSPS) is 16.8. The molecule has 0 aromatic carbocycles. The molecule has 2 heterocycles. The zero-order chi connectivity index (χ0) is 21.1. The second kappa shape index (κ2) is 9.67. The van der Waals surface area contributed by atoms with Gasteiger partial charge in [-0.1, -0.05) is 0 Å². The third-order valence-electron chi connectivity index (χ3n) is 4.36. The molecule has 10 heteroatoms. The number of imidazole rings is 1. The maximum absolute atomic E-state index is 12.5. The van der Waals surface area contributed by atoms with Gasteiger partial charge in [-0.2, -0.15) is 0 Å². The van der Waals surface area contributed by atoms with E-state index >= 15 is 0 Å². The van der Waals surface area contributed by atoms with Gasteiger partial charge in [-0.15, -0.1) is 0 Å². The SMILES string of the molecule is C=N.CC1(N)CC1.N=C([Se]Cc1c(C2CC2)nc2c(Cl)cc(S)cn12)C(F)F. The van der Waals surface area contributed by atoms with Crippen LogP contribution in [-0.2, 0) is 5.32 Å². The van der Waals surface area contributed by atoms with Gasteiger partial charge in [-0.05, 0) is 26.5 Å². The summed E-state index contributed by atoms with van der Waals surface area (Å²) in [6, 6.07) is 1.72. The molecule has 0 saturated heterocycles. The van der Waals surface area contributed by atoms with Gasteiger partial charge < -0.3 is 11.1 Å². The van der Waals surface area contributed by atoms with E-state index in [2.05, 4.69) is 31.3 Å². The van der Waals surface area contributed by atoms with Crippen LogP contribution < -0.4 is 5.73 Å². The van der Waals surface area contributed by atoms with E-state index in [-0.39, 0.29) is 5.54 Å². The molecular formula is C18H24ClF2N5SSe. The molecule has 2 aliphatic rings. The van der Waals surface area contributed by atoms with Gasteiger partial charge in [0.1, 0.15) is 0 Å². The standard InChI is InChI=1S/C13H12ClF2N3SSe.C4H9N.CH3N/c14-8-3-7(20)4-19-9(5-21-12(17)11(15)16)10(6-1-2-6)18-13(8)19;1-4(5)2-3-4;1-2/h3-4,6,11,17,20H,1-2,5H2;2-3,5H2,1H3;2H,1H2. The molecule has 0 amide bonds. The van der Waals surface area contributed by atoms with E-state index in [4.69, 9.17) is 28.2 Å². The third kappa shape index (κ3) is 6.25. The van der Waals surface area contributed by atoms with E-state index in [1.807, 2.05) is 4.40 Å². The average Bonchev–Trinajstić information content (AvgIpc) is 3.56. The number of alkyl halides is 2. The van der Waals surface area contributed by atoms with Gasteiger partial charge in [0.2, 0.25) is 0 Å². The molecule has 0 radical (unpaired) electrons. The molecule has 2 fully saturated rings.